The van der Waals surface area contributed by atoms with Gasteiger partial charge in [-0.1, -0.05) is 13.8 Å². The molecule has 0 rings (SSSR count). The molecule has 0 spiro atoms. The third-order valence-electron chi connectivity index (χ3n) is 2.86. The highest BCUT2D eigenvalue weighted by Crippen LogP contribution is 2.07. The number of nitrogens with two attached hydrogens (primary N) is 1. The lowest BCUT2D eigenvalue weighted by Crippen LogP contribution is -2.42. The van der Waals surface area contributed by atoms with Crippen molar-refractivity contribution in [2.45, 2.75) is 32.7 Å². The number of likely N-dealkylation sites (N-methyl/N-ethyl adjacent to an activating group) is 1. The standard InChI is InChI=1S/C12H27N3O/c1-10(2)6-7-15(5)11(9-13)8-12(16)14(3)4/h10-11H,6-9,13H2,1-5H3. The molecule has 1 atom stereocenters. The zero-order valence-corrected chi connectivity index (χ0v) is 11.4. The number of amides is 1. The number of carbonyl (C=O) groups excluding carboxylic acids is 1. The Bertz CT molecular complexity index is 204. The van der Waals surface area contributed by atoms with Gasteiger partial charge < -0.3 is 15.5 Å². The van der Waals surface area contributed by atoms with Crippen LogP contribution in [-0.4, -0.2) is 56.0 Å². The summed E-state index contributed by atoms with van der Waals surface area (Å²) < 4.78 is 0. The first kappa shape index (κ1) is 15.4. The molecule has 0 aliphatic heterocycles. The first-order valence-corrected chi connectivity index (χ1v) is 5.99. The fourth-order valence-electron chi connectivity index (χ4n) is 1.45. The van der Waals surface area contributed by atoms with Gasteiger partial charge in [0.1, 0.15) is 0 Å². The highest BCUT2D eigenvalue weighted by Gasteiger charge is 2.18. The Kier molecular flexibility index (Phi) is 7.34. The summed E-state index contributed by atoms with van der Waals surface area (Å²) in [5.74, 6) is 0.831. The summed E-state index contributed by atoms with van der Waals surface area (Å²) in [4.78, 5) is 15.4. The maximum absolute atomic E-state index is 11.6. The Balaban J connectivity index is 4.11. The Hall–Kier alpha value is -0.610. The third kappa shape index (κ3) is 6.08. The summed E-state index contributed by atoms with van der Waals surface area (Å²) >= 11 is 0. The molecule has 4 nitrogen and oxygen atoms in total. The predicted molar refractivity (Wildman–Crippen MR) is 68.2 cm³/mol. The third-order valence-corrected chi connectivity index (χ3v) is 2.86. The van der Waals surface area contributed by atoms with Crippen molar-refractivity contribution in [2.75, 3.05) is 34.2 Å². The molecule has 1 unspecified atom stereocenters. The van der Waals surface area contributed by atoms with Crippen LogP contribution in [0.3, 0.4) is 0 Å². The van der Waals surface area contributed by atoms with Crippen molar-refractivity contribution in [3.8, 4) is 0 Å². The second kappa shape index (κ2) is 7.63. The highest BCUT2D eigenvalue weighted by atomic mass is 16.2. The average molecular weight is 229 g/mol. The van der Waals surface area contributed by atoms with E-state index in [-0.39, 0.29) is 11.9 Å². The van der Waals surface area contributed by atoms with Crippen molar-refractivity contribution in [2.24, 2.45) is 11.7 Å². The van der Waals surface area contributed by atoms with E-state index in [1.54, 1.807) is 19.0 Å². The fourth-order valence-corrected chi connectivity index (χ4v) is 1.45. The SMILES string of the molecule is CC(C)CCN(C)C(CN)CC(=O)N(C)C. The van der Waals surface area contributed by atoms with Gasteiger partial charge in [-0.25, -0.2) is 0 Å². The van der Waals surface area contributed by atoms with Crippen molar-refractivity contribution in [1.29, 1.82) is 0 Å². The summed E-state index contributed by atoms with van der Waals surface area (Å²) in [6, 6.07) is 0.161. The molecule has 0 radical (unpaired) electrons. The quantitative estimate of drug-likeness (QED) is 0.701. The van der Waals surface area contributed by atoms with E-state index in [0.29, 0.717) is 18.9 Å². The molecule has 96 valence electrons. The molecule has 0 aromatic rings. The minimum absolute atomic E-state index is 0.145. The molecular weight excluding hydrogens is 202 g/mol. The molecule has 0 saturated heterocycles. The number of nitrogens with zero attached hydrogens (tertiary/aromatic N) is 2. The summed E-state index contributed by atoms with van der Waals surface area (Å²) in [7, 11) is 5.61. The number of carbonyl (C=O) groups is 1. The molecule has 0 aliphatic carbocycles. The summed E-state index contributed by atoms with van der Waals surface area (Å²) in [5.41, 5.74) is 5.72. The van der Waals surface area contributed by atoms with Crippen LogP contribution in [0.15, 0.2) is 0 Å². The first-order chi connectivity index (χ1) is 7.38. The van der Waals surface area contributed by atoms with Crippen molar-refractivity contribution in [3.05, 3.63) is 0 Å². The van der Waals surface area contributed by atoms with Crippen LogP contribution in [0.25, 0.3) is 0 Å². The maximum atomic E-state index is 11.6. The smallest absolute Gasteiger partial charge is 0.223 e. The van der Waals surface area contributed by atoms with Gasteiger partial charge in [0.25, 0.3) is 0 Å². The largest absolute Gasteiger partial charge is 0.349 e. The molecule has 4 heteroatoms. The Morgan fingerprint density at radius 3 is 2.19 bits per heavy atom. The normalized spacial score (nSPS) is 13.2. The lowest BCUT2D eigenvalue weighted by atomic mass is 10.1. The van der Waals surface area contributed by atoms with E-state index in [1.807, 2.05) is 7.05 Å². The van der Waals surface area contributed by atoms with Gasteiger partial charge in [-0.3, -0.25) is 4.79 Å². The van der Waals surface area contributed by atoms with Gasteiger partial charge in [-0.15, -0.1) is 0 Å². The molecule has 0 aliphatic rings. The molecule has 0 bridgehead atoms. The van der Waals surface area contributed by atoms with Crippen LogP contribution in [0, 0.1) is 5.92 Å². The molecule has 1 amide bonds. The van der Waals surface area contributed by atoms with Crippen LogP contribution in [0.1, 0.15) is 26.7 Å². The van der Waals surface area contributed by atoms with E-state index in [1.165, 1.54) is 0 Å². The molecule has 0 aromatic carbocycles. The monoisotopic (exact) mass is 229 g/mol. The Morgan fingerprint density at radius 2 is 1.81 bits per heavy atom. The lowest BCUT2D eigenvalue weighted by molar-refractivity contribution is -0.129. The van der Waals surface area contributed by atoms with Crippen LogP contribution in [0.5, 0.6) is 0 Å². The van der Waals surface area contributed by atoms with Crippen molar-refractivity contribution in [3.63, 3.8) is 0 Å². The van der Waals surface area contributed by atoms with Crippen molar-refractivity contribution in [1.82, 2.24) is 9.80 Å². The fraction of sp³-hybridized carbons (Fsp3) is 0.917. The minimum atomic E-state index is 0.145. The first-order valence-electron chi connectivity index (χ1n) is 5.99. The molecule has 0 fully saturated rings. The van der Waals surface area contributed by atoms with Gasteiger partial charge in [0, 0.05) is 33.1 Å². The van der Waals surface area contributed by atoms with Crippen LogP contribution in [0.4, 0.5) is 0 Å². The lowest BCUT2D eigenvalue weighted by Gasteiger charge is -2.28. The zero-order valence-electron chi connectivity index (χ0n) is 11.4. The van der Waals surface area contributed by atoms with E-state index >= 15 is 0 Å². The highest BCUT2D eigenvalue weighted by molar-refractivity contribution is 5.76. The summed E-state index contributed by atoms with van der Waals surface area (Å²) in [6.45, 7) is 5.95. The van der Waals surface area contributed by atoms with E-state index in [2.05, 4.69) is 18.7 Å². The number of hydrogen-bond acceptors (Lipinski definition) is 3. The molecule has 16 heavy (non-hydrogen) atoms. The van der Waals surface area contributed by atoms with Gasteiger partial charge in [-0.2, -0.15) is 0 Å². The number of rotatable bonds is 7. The Morgan fingerprint density at radius 1 is 1.25 bits per heavy atom. The summed E-state index contributed by atoms with van der Waals surface area (Å²) in [5, 5.41) is 0. The van der Waals surface area contributed by atoms with E-state index in [0.717, 1.165) is 13.0 Å². The van der Waals surface area contributed by atoms with E-state index in [4.69, 9.17) is 5.73 Å². The molecule has 0 heterocycles. The number of hydrogen-bond donors (Lipinski definition) is 1. The van der Waals surface area contributed by atoms with Crippen molar-refractivity contribution >= 4 is 5.91 Å². The maximum Gasteiger partial charge on any atom is 0.223 e. The van der Waals surface area contributed by atoms with Gasteiger partial charge >= 0.3 is 0 Å². The van der Waals surface area contributed by atoms with Crippen LogP contribution in [-0.2, 0) is 4.79 Å². The van der Waals surface area contributed by atoms with E-state index < -0.39 is 0 Å². The molecule has 0 aromatic heterocycles. The van der Waals surface area contributed by atoms with Gasteiger partial charge in [0.15, 0.2) is 0 Å². The van der Waals surface area contributed by atoms with Crippen LogP contribution in [0.2, 0.25) is 0 Å². The van der Waals surface area contributed by atoms with Crippen LogP contribution >= 0.6 is 0 Å². The molecule has 2 N–H and O–H groups in total. The second-order valence-electron chi connectivity index (χ2n) is 5.04. The van der Waals surface area contributed by atoms with Gasteiger partial charge in [-0.05, 0) is 25.9 Å². The van der Waals surface area contributed by atoms with E-state index in [9.17, 15) is 4.79 Å². The molecular formula is C12H27N3O. The molecule has 0 saturated carbocycles. The summed E-state index contributed by atoms with van der Waals surface area (Å²) in [6.07, 6.45) is 1.65. The zero-order chi connectivity index (χ0) is 12.7. The predicted octanol–water partition coefficient (Wildman–Crippen LogP) is 0.770. The average Bonchev–Trinajstić information content (AvgIpc) is 2.21. The van der Waals surface area contributed by atoms with Gasteiger partial charge in [0.2, 0.25) is 5.91 Å². The van der Waals surface area contributed by atoms with Crippen molar-refractivity contribution < 1.29 is 4.79 Å². The Labute approximate surface area is 99.8 Å². The van der Waals surface area contributed by atoms with Gasteiger partial charge in [0.05, 0.1) is 0 Å². The topological polar surface area (TPSA) is 49.6 Å². The van der Waals surface area contributed by atoms with Crippen LogP contribution < -0.4 is 5.73 Å². The second-order valence-corrected chi connectivity index (χ2v) is 5.04. The minimum Gasteiger partial charge on any atom is -0.349 e.